The fourth-order valence-electron chi connectivity index (χ4n) is 6.04. The lowest BCUT2D eigenvalue weighted by molar-refractivity contribution is 0.0422. The van der Waals surface area contributed by atoms with Crippen molar-refractivity contribution in [3.8, 4) is 11.3 Å². The molecule has 1 saturated carbocycles. The van der Waals surface area contributed by atoms with Crippen LogP contribution in [0.4, 0.5) is 0 Å². The molecule has 0 radical (unpaired) electrons. The summed E-state index contributed by atoms with van der Waals surface area (Å²) in [6.45, 7) is 19.1. The molecule has 6 nitrogen and oxygen atoms in total. The van der Waals surface area contributed by atoms with Crippen molar-refractivity contribution < 1.29 is 14.1 Å². The Morgan fingerprint density at radius 1 is 1.07 bits per heavy atom. The van der Waals surface area contributed by atoms with Crippen molar-refractivity contribution in [1.82, 2.24) is 14.6 Å². The first kappa shape index (κ1) is 31.1. The number of amides is 1. The first-order chi connectivity index (χ1) is 18.7. The monoisotopic (exact) mass is 569 g/mol. The predicted molar refractivity (Wildman–Crippen MR) is 165 cm³/mol. The lowest BCUT2D eigenvalue weighted by Crippen LogP contribution is -2.49. The number of nitrogens with zero attached hydrogens (tertiary/aromatic N) is 1. The van der Waals surface area contributed by atoms with Crippen LogP contribution in [-0.2, 0) is 28.1 Å². The van der Waals surface area contributed by atoms with Gasteiger partial charge in [0.1, 0.15) is 0 Å². The smallest absolute Gasteiger partial charge is 0.253 e. The van der Waals surface area contributed by atoms with Gasteiger partial charge < -0.3 is 19.2 Å². The predicted octanol–water partition coefficient (Wildman–Crippen LogP) is 7.05. The highest BCUT2D eigenvalue weighted by atomic mass is 32.2. The number of carbonyl (C=O) groups is 1. The summed E-state index contributed by atoms with van der Waals surface area (Å²) in [7, 11) is 0. The minimum Gasteiger partial charge on any atom is -0.593 e. The van der Waals surface area contributed by atoms with Crippen LogP contribution in [0.15, 0.2) is 29.2 Å². The molecule has 1 aromatic carbocycles. The van der Waals surface area contributed by atoms with Gasteiger partial charge >= 0.3 is 0 Å². The molecule has 1 atom stereocenters. The minimum atomic E-state index is -1.33. The van der Waals surface area contributed by atoms with Crippen molar-refractivity contribution in [3.63, 3.8) is 0 Å². The number of aromatic nitrogens is 1. The lowest BCUT2D eigenvalue weighted by atomic mass is 9.85. The van der Waals surface area contributed by atoms with E-state index < -0.39 is 11.4 Å². The fraction of sp³-hybridized carbons (Fsp3) is 0.667. The molecule has 7 heteroatoms. The summed E-state index contributed by atoms with van der Waals surface area (Å²) in [4.78, 5) is 14.5. The molecule has 1 saturated heterocycles. The van der Waals surface area contributed by atoms with Gasteiger partial charge in [-0.05, 0) is 101 Å². The number of carbonyl (C=O) groups excluding carboxylic acids is 1. The summed E-state index contributed by atoms with van der Waals surface area (Å²) < 4.78 is 24.6. The van der Waals surface area contributed by atoms with Crippen LogP contribution in [0.5, 0.6) is 0 Å². The van der Waals surface area contributed by atoms with Gasteiger partial charge in [-0.1, -0.05) is 40.0 Å². The maximum Gasteiger partial charge on any atom is 0.253 e. The Bertz CT molecular complexity index is 1180. The number of rotatable bonds is 7. The summed E-state index contributed by atoms with van der Waals surface area (Å²) in [5.74, 6) is 0.612. The highest BCUT2D eigenvalue weighted by Gasteiger charge is 2.32. The SMILES string of the molecule is Cc1c(C(=O)NC2(C)CCOCC2)cc(-c2ccc([S+]([O-])NC(C)(C)C)c(C(C)(C)C)c2)n1CC1CCCCC1. The third kappa shape index (κ3) is 7.53. The van der Waals surface area contributed by atoms with Crippen LogP contribution in [-0.4, -0.2) is 39.3 Å². The Morgan fingerprint density at radius 2 is 1.73 bits per heavy atom. The Morgan fingerprint density at radius 3 is 2.33 bits per heavy atom. The molecule has 1 aromatic heterocycles. The van der Waals surface area contributed by atoms with Gasteiger partial charge in [-0.2, -0.15) is 0 Å². The first-order valence-electron chi connectivity index (χ1n) is 15.1. The van der Waals surface area contributed by atoms with Gasteiger partial charge in [0.2, 0.25) is 0 Å². The van der Waals surface area contributed by atoms with Crippen LogP contribution in [0.3, 0.4) is 0 Å². The molecule has 0 bridgehead atoms. The molecule has 2 aromatic rings. The minimum absolute atomic E-state index is 0.00584. The Labute approximate surface area is 245 Å². The van der Waals surface area contributed by atoms with Crippen LogP contribution in [0, 0.1) is 12.8 Å². The summed E-state index contributed by atoms with van der Waals surface area (Å²) >= 11 is -1.33. The number of hydrogen-bond acceptors (Lipinski definition) is 4. The lowest BCUT2D eigenvalue weighted by Gasteiger charge is -2.34. The summed E-state index contributed by atoms with van der Waals surface area (Å²) in [6, 6.07) is 8.38. The molecule has 1 unspecified atom stereocenters. The van der Waals surface area contributed by atoms with Gasteiger partial charge in [0.05, 0.1) is 22.5 Å². The van der Waals surface area contributed by atoms with Crippen LogP contribution >= 0.6 is 0 Å². The summed E-state index contributed by atoms with van der Waals surface area (Å²) in [6.07, 6.45) is 8.00. The van der Waals surface area contributed by atoms with Crippen molar-refractivity contribution in [2.75, 3.05) is 13.2 Å². The highest BCUT2D eigenvalue weighted by molar-refractivity contribution is 7.89. The van der Waals surface area contributed by atoms with Crippen molar-refractivity contribution in [2.24, 2.45) is 5.92 Å². The molecule has 2 N–H and O–H groups in total. The van der Waals surface area contributed by atoms with Gasteiger partial charge in [0, 0.05) is 42.2 Å². The maximum atomic E-state index is 13.7. The van der Waals surface area contributed by atoms with E-state index in [4.69, 9.17) is 4.74 Å². The van der Waals surface area contributed by atoms with Crippen LogP contribution in [0.1, 0.15) is 115 Å². The van der Waals surface area contributed by atoms with E-state index >= 15 is 0 Å². The zero-order chi connectivity index (χ0) is 29.3. The molecule has 2 heterocycles. The molecule has 222 valence electrons. The van der Waals surface area contributed by atoms with E-state index in [0.29, 0.717) is 19.1 Å². The molecule has 1 aliphatic carbocycles. The molecule has 1 aliphatic heterocycles. The van der Waals surface area contributed by atoms with E-state index in [-0.39, 0.29) is 22.4 Å². The fourth-order valence-corrected chi connectivity index (χ4v) is 7.46. The quantitative estimate of drug-likeness (QED) is 0.350. The van der Waals surface area contributed by atoms with Gasteiger partial charge in [-0.15, -0.1) is 4.72 Å². The van der Waals surface area contributed by atoms with E-state index in [1.165, 1.54) is 32.1 Å². The number of benzene rings is 1. The van der Waals surface area contributed by atoms with Crippen LogP contribution in [0.25, 0.3) is 11.3 Å². The molecular weight excluding hydrogens is 518 g/mol. The topological polar surface area (TPSA) is 78.3 Å². The van der Waals surface area contributed by atoms with Crippen molar-refractivity contribution in [2.45, 2.75) is 128 Å². The zero-order valence-electron chi connectivity index (χ0n) is 26.0. The van der Waals surface area contributed by atoms with E-state index in [1.807, 2.05) is 26.8 Å². The number of hydrogen-bond donors (Lipinski definition) is 2. The molecule has 2 aliphatic rings. The molecular formula is C33H51N3O3S. The van der Waals surface area contributed by atoms with Gasteiger partial charge in [0.15, 0.2) is 4.90 Å². The van der Waals surface area contributed by atoms with Crippen molar-refractivity contribution in [1.29, 1.82) is 0 Å². The normalized spacial score (nSPS) is 19.4. The molecule has 0 spiro atoms. The molecule has 1 amide bonds. The maximum absolute atomic E-state index is 13.7. The van der Waals surface area contributed by atoms with Crippen molar-refractivity contribution >= 4 is 17.3 Å². The Kier molecular flexibility index (Phi) is 9.50. The van der Waals surface area contributed by atoms with Gasteiger partial charge in [-0.25, -0.2) is 0 Å². The summed E-state index contributed by atoms with van der Waals surface area (Å²) in [5.41, 5.74) is 4.24. The van der Waals surface area contributed by atoms with Gasteiger partial charge in [0.25, 0.3) is 5.91 Å². The first-order valence-corrected chi connectivity index (χ1v) is 16.3. The largest absolute Gasteiger partial charge is 0.593 e. The number of nitrogens with one attached hydrogen (secondary N) is 2. The van der Waals surface area contributed by atoms with Crippen molar-refractivity contribution in [3.05, 3.63) is 41.1 Å². The van der Waals surface area contributed by atoms with Gasteiger partial charge in [-0.3, -0.25) is 4.79 Å². The van der Waals surface area contributed by atoms with Crippen LogP contribution < -0.4 is 10.0 Å². The van der Waals surface area contributed by atoms with E-state index in [9.17, 15) is 9.35 Å². The molecule has 40 heavy (non-hydrogen) atoms. The van der Waals surface area contributed by atoms with E-state index in [0.717, 1.165) is 52.4 Å². The Balaban J connectivity index is 1.76. The zero-order valence-corrected chi connectivity index (χ0v) is 26.9. The summed E-state index contributed by atoms with van der Waals surface area (Å²) in [5, 5.41) is 3.35. The second kappa shape index (κ2) is 12.2. The Hall–Kier alpha value is -1.80. The second-order valence-electron chi connectivity index (χ2n) is 14.4. The van der Waals surface area contributed by atoms with Crippen LogP contribution in [0.2, 0.25) is 0 Å². The second-order valence-corrected chi connectivity index (χ2v) is 15.5. The highest BCUT2D eigenvalue weighted by Crippen LogP contribution is 2.36. The van der Waals surface area contributed by atoms with E-state index in [1.54, 1.807) is 0 Å². The third-order valence-corrected chi connectivity index (χ3v) is 10.0. The molecule has 2 fully saturated rings. The molecule has 4 rings (SSSR count). The average molecular weight is 570 g/mol. The third-order valence-electron chi connectivity index (χ3n) is 8.47. The van der Waals surface area contributed by atoms with E-state index in [2.05, 4.69) is 67.4 Å². The number of ether oxygens (including phenoxy) is 1. The average Bonchev–Trinajstić information content (AvgIpc) is 3.19. The standard InChI is InChI=1S/C33H51N3O3S/c1-23-26(30(37)34-33(8)16-18-39-19-17-33)21-28(36(23)22-24-12-10-9-11-13-24)25-14-15-29(27(20-25)31(2,3)4)40(38)35-32(5,6)7/h14-15,20-21,24,35H,9-13,16-19,22H2,1-8H3,(H,34,37).